The summed E-state index contributed by atoms with van der Waals surface area (Å²) in [6, 6.07) is 0. The van der Waals surface area contributed by atoms with Gasteiger partial charge in [0, 0.05) is 0 Å². The van der Waals surface area contributed by atoms with Crippen molar-refractivity contribution in [3.05, 3.63) is 0 Å². The summed E-state index contributed by atoms with van der Waals surface area (Å²) < 4.78 is 0. The summed E-state index contributed by atoms with van der Waals surface area (Å²) in [6.07, 6.45) is 5.13. The van der Waals surface area contributed by atoms with Crippen LogP contribution in [0.1, 0.15) is 88.0 Å². The highest BCUT2D eigenvalue weighted by molar-refractivity contribution is 5.01. The number of hydrogen-bond donors (Lipinski definition) is 0. The van der Waals surface area contributed by atoms with Gasteiger partial charge in [-0.25, -0.2) is 0 Å². The van der Waals surface area contributed by atoms with Crippen LogP contribution in [0.5, 0.6) is 0 Å². The van der Waals surface area contributed by atoms with E-state index in [2.05, 4.69) is 62.3 Å². The highest BCUT2D eigenvalue weighted by Gasteiger charge is 2.52. The van der Waals surface area contributed by atoms with Crippen LogP contribution < -0.4 is 0 Å². The van der Waals surface area contributed by atoms with Crippen molar-refractivity contribution >= 4 is 0 Å². The average molecular weight is 240 g/mol. The van der Waals surface area contributed by atoms with E-state index in [4.69, 9.17) is 0 Å². The van der Waals surface area contributed by atoms with Crippen molar-refractivity contribution in [1.29, 1.82) is 0 Å². The van der Waals surface area contributed by atoms with Gasteiger partial charge in [-0.3, -0.25) is 0 Å². The molecule has 0 N–H and O–H groups in total. The first kappa shape index (κ1) is 17.0. The molecule has 104 valence electrons. The van der Waals surface area contributed by atoms with Gasteiger partial charge >= 0.3 is 0 Å². The minimum Gasteiger partial charge on any atom is -0.0651 e. The van der Waals surface area contributed by atoms with Gasteiger partial charge in [0.2, 0.25) is 0 Å². The SMILES string of the molecule is CCC(C)C(C)(CC)C(C)(CC)C(C)(C)CC. The lowest BCUT2D eigenvalue weighted by molar-refractivity contribution is -0.0891. The molecule has 0 aromatic carbocycles. The monoisotopic (exact) mass is 240 g/mol. The first-order chi connectivity index (χ1) is 7.66. The summed E-state index contributed by atoms with van der Waals surface area (Å²) in [5.74, 6) is 0.795. The molecule has 0 heterocycles. The van der Waals surface area contributed by atoms with Gasteiger partial charge < -0.3 is 0 Å². The lowest BCUT2D eigenvalue weighted by atomic mass is 9.47. The fourth-order valence-corrected chi connectivity index (χ4v) is 3.78. The van der Waals surface area contributed by atoms with Gasteiger partial charge in [-0.15, -0.1) is 0 Å². The summed E-state index contributed by atoms with van der Waals surface area (Å²) in [5.41, 5.74) is 1.27. The van der Waals surface area contributed by atoms with Crippen LogP contribution in [0.4, 0.5) is 0 Å². The zero-order chi connectivity index (χ0) is 13.9. The molecule has 0 aliphatic carbocycles. The summed E-state index contributed by atoms with van der Waals surface area (Å²) in [6.45, 7) is 21.9. The maximum atomic E-state index is 2.53. The molecule has 0 amide bonds. The molecular formula is C17H36. The van der Waals surface area contributed by atoms with Crippen LogP contribution in [-0.4, -0.2) is 0 Å². The van der Waals surface area contributed by atoms with Crippen molar-refractivity contribution in [2.45, 2.75) is 88.0 Å². The molecule has 0 aromatic rings. The minimum atomic E-state index is 0.413. The molecule has 0 saturated carbocycles. The molecule has 0 heteroatoms. The quantitative estimate of drug-likeness (QED) is 0.490. The summed E-state index contributed by atoms with van der Waals surface area (Å²) in [7, 11) is 0. The predicted octanol–water partition coefficient (Wildman–Crippen LogP) is 6.30. The van der Waals surface area contributed by atoms with Gasteiger partial charge in [-0.1, -0.05) is 75.2 Å². The fraction of sp³-hybridized carbons (Fsp3) is 1.00. The Balaban J connectivity index is 5.61. The normalized spacial score (nSPS) is 21.7. The second-order valence-electron chi connectivity index (χ2n) is 7.00. The van der Waals surface area contributed by atoms with Crippen molar-refractivity contribution in [1.82, 2.24) is 0 Å². The van der Waals surface area contributed by atoms with E-state index >= 15 is 0 Å². The molecule has 0 aliphatic rings. The topological polar surface area (TPSA) is 0 Å². The van der Waals surface area contributed by atoms with Crippen LogP contribution >= 0.6 is 0 Å². The van der Waals surface area contributed by atoms with Crippen molar-refractivity contribution in [3.63, 3.8) is 0 Å². The highest BCUT2D eigenvalue weighted by Crippen LogP contribution is 2.60. The minimum absolute atomic E-state index is 0.413. The van der Waals surface area contributed by atoms with Crippen LogP contribution in [0.2, 0.25) is 0 Å². The van der Waals surface area contributed by atoms with Gasteiger partial charge in [-0.2, -0.15) is 0 Å². The molecule has 0 fully saturated rings. The first-order valence-electron chi connectivity index (χ1n) is 7.66. The Bertz CT molecular complexity index is 228. The van der Waals surface area contributed by atoms with Crippen molar-refractivity contribution in [2.75, 3.05) is 0 Å². The third-order valence-corrected chi connectivity index (χ3v) is 6.78. The van der Waals surface area contributed by atoms with E-state index in [1.807, 2.05) is 0 Å². The lowest BCUT2D eigenvalue weighted by Crippen LogP contribution is -2.50. The Hall–Kier alpha value is 0. The van der Waals surface area contributed by atoms with E-state index < -0.39 is 0 Å². The van der Waals surface area contributed by atoms with E-state index in [1.54, 1.807) is 0 Å². The van der Waals surface area contributed by atoms with Crippen LogP contribution in [0, 0.1) is 22.2 Å². The molecule has 0 aliphatic heterocycles. The standard InChI is InChI=1S/C17H36/c1-10-14(5)16(8,12-3)17(9,13-4)15(6,7)11-2/h14H,10-13H2,1-9H3. The van der Waals surface area contributed by atoms with Gasteiger partial charge in [0.05, 0.1) is 0 Å². The smallest absolute Gasteiger partial charge is 0.0221 e. The fourth-order valence-electron chi connectivity index (χ4n) is 3.78. The molecule has 0 spiro atoms. The molecular weight excluding hydrogens is 204 g/mol. The van der Waals surface area contributed by atoms with Crippen molar-refractivity contribution < 1.29 is 0 Å². The molecule has 0 radical (unpaired) electrons. The van der Waals surface area contributed by atoms with Gasteiger partial charge in [-0.05, 0) is 35.0 Å². The van der Waals surface area contributed by atoms with Crippen LogP contribution in [-0.2, 0) is 0 Å². The predicted molar refractivity (Wildman–Crippen MR) is 80.3 cm³/mol. The van der Waals surface area contributed by atoms with E-state index in [0.717, 1.165) is 5.92 Å². The number of rotatable bonds is 7. The maximum Gasteiger partial charge on any atom is -0.0221 e. The van der Waals surface area contributed by atoms with E-state index in [1.165, 1.54) is 25.7 Å². The number of hydrogen-bond acceptors (Lipinski definition) is 0. The molecule has 0 bridgehead atoms. The maximum absolute atomic E-state index is 2.53. The van der Waals surface area contributed by atoms with Gasteiger partial charge in [0.1, 0.15) is 0 Å². The van der Waals surface area contributed by atoms with Crippen LogP contribution in [0.3, 0.4) is 0 Å². The second kappa shape index (κ2) is 5.76. The zero-order valence-electron chi connectivity index (χ0n) is 13.9. The Morgan fingerprint density at radius 2 is 1.24 bits per heavy atom. The summed E-state index contributed by atoms with van der Waals surface area (Å²) >= 11 is 0. The Labute approximate surface area is 111 Å². The van der Waals surface area contributed by atoms with Crippen LogP contribution in [0.25, 0.3) is 0 Å². The van der Waals surface area contributed by atoms with Gasteiger partial charge in [0.15, 0.2) is 0 Å². The molecule has 17 heavy (non-hydrogen) atoms. The third-order valence-electron chi connectivity index (χ3n) is 6.78. The first-order valence-corrected chi connectivity index (χ1v) is 7.66. The zero-order valence-corrected chi connectivity index (χ0v) is 13.9. The molecule has 0 aromatic heterocycles. The van der Waals surface area contributed by atoms with Crippen molar-refractivity contribution in [2.24, 2.45) is 22.2 Å². The third kappa shape index (κ3) is 2.56. The van der Waals surface area contributed by atoms with E-state index in [-0.39, 0.29) is 0 Å². The van der Waals surface area contributed by atoms with Crippen LogP contribution in [0.15, 0.2) is 0 Å². The molecule has 0 saturated heterocycles. The van der Waals surface area contributed by atoms with Crippen molar-refractivity contribution in [3.8, 4) is 0 Å². The molecule has 3 unspecified atom stereocenters. The largest absolute Gasteiger partial charge is 0.0651 e. The second-order valence-corrected chi connectivity index (χ2v) is 7.00. The Morgan fingerprint density at radius 3 is 1.47 bits per heavy atom. The average Bonchev–Trinajstić information content (AvgIpc) is 2.34. The Morgan fingerprint density at radius 1 is 0.765 bits per heavy atom. The molecule has 0 nitrogen and oxygen atoms in total. The molecule has 0 rings (SSSR count). The summed E-state index contributed by atoms with van der Waals surface area (Å²) in [5, 5.41) is 0. The Kier molecular flexibility index (Phi) is 5.76. The van der Waals surface area contributed by atoms with Gasteiger partial charge in [0.25, 0.3) is 0 Å². The van der Waals surface area contributed by atoms with E-state index in [9.17, 15) is 0 Å². The van der Waals surface area contributed by atoms with E-state index in [0.29, 0.717) is 16.2 Å². The lowest BCUT2D eigenvalue weighted by Gasteiger charge is -2.58. The highest BCUT2D eigenvalue weighted by atomic mass is 14.6. The molecule has 3 atom stereocenters. The summed E-state index contributed by atoms with van der Waals surface area (Å²) in [4.78, 5) is 0.